The summed E-state index contributed by atoms with van der Waals surface area (Å²) in [5, 5.41) is 25.0. The SMILES string of the molecule is NC(=NO)c1cccc(Cc2nn[nH]n2)c1. The summed E-state index contributed by atoms with van der Waals surface area (Å²) in [5.41, 5.74) is 7.11. The van der Waals surface area contributed by atoms with Gasteiger partial charge in [0.25, 0.3) is 0 Å². The Labute approximate surface area is 91.0 Å². The number of aromatic amines is 1. The highest BCUT2D eigenvalue weighted by Crippen LogP contribution is 2.08. The quantitative estimate of drug-likeness (QED) is 0.288. The number of benzene rings is 1. The topological polar surface area (TPSA) is 113 Å². The Bertz CT molecular complexity index is 492. The number of nitrogens with two attached hydrogens (primary N) is 1. The van der Waals surface area contributed by atoms with Gasteiger partial charge in [0.2, 0.25) is 0 Å². The molecule has 0 amide bonds. The first-order chi connectivity index (χ1) is 7.79. The van der Waals surface area contributed by atoms with Crippen molar-refractivity contribution >= 4 is 5.84 Å². The molecule has 7 heteroatoms. The number of aromatic nitrogens is 4. The van der Waals surface area contributed by atoms with Crippen molar-refractivity contribution in [3.05, 3.63) is 41.2 Å². The molecular formula is C9H10N6O. The third-order valence-corrected chi connectivity index (χ3v) is 2.08. The van der Waals surface area contributed by atoms with Crippen LogP contribution in [0.25, 0.3) is 0 Å². The Balaban J connectivity index is 2.23. The van der Waals surface area contributed by atoms with Gasteiger partial charge in [0.05, 0.1) is 0 Å². The van der Waals surface area contributed by atoms with Gasteiger partial charge in [0, 0.05) is 12.0 Å². The van der Waals surface area contributed by atoms with Gasteiger partial charge in [-0.3, -0.25) is 0 Å². The number of oxime groups is 1. The lowest BCUT2D eigenvalue weighted by molar-refractivity contribution is 0.318. The van der Waals surface area contributed by atoms with E-state index in [1.807, 2.05) is 18.2 Å². The second-order valence-corrected chi connectivity index (χ2v) is 3.19. The standard InChI is InChI=1S/C9H10N6O/c10-9(13-16)7-3-1-2-6(4-7)5-8-11-14-15-12-8/h1-4,16H,5H2,(H2,10,13)(H,11,12,14,15). The fourth-order valence-corrected chi connectivity index (χ4v) is 1.34. The monoisotopic (exact) mass is 218 g/mol. The molecule has 16 heavy (non-hydrogen) atoms. The van der Waals surface area contributed by atoms with Crippen LogP contribution in [-0.2, 0) is 6.42 Å². The predicted octanol–water partition coefficient (Wildman–Crippen LogP) is -0.115. The van der Waals surface area contributed by atoms with E-state index in [-0.39, 0.29) is 5.84 Å². The van der Waals surface area contributed by atoms with E-state index in [1.54, 1.807) is 6.07 Å². The molecule has 0 bridgehead atoms. The molecule has 0 aliphatic rings. The van der Waals surface area contributed by atoms with Crippen molar-refractivity contribution < 1.29 is 5.21 Å². The maximum Gasteiger partial charge on any atom is 0.178 e. The van der Waals surface area contributed by atoms with Crippen LogP contribution in [0.15, 0.2) is 29.4 Å². The molecule has 0 saturated heterocycles. The molecule has 1 aromatic carbocycles. The number of rotatable bonds is 3. The van der Waals surface area contributed by atoms with Gasteiger partial charge in [-0.1, -0.05) is 28.6 Å². The molecule has 7 nitrogen and oxygen atoms in total. The molecular weight excluding hydrogens is 208 g/mol. The third-order valence-electron chi connectivity index (χ3n) is 2.08. The van der Waals surface area contributed by atoms with Gasteiger partial charge in [-0.25, -0.2) is 0 Å². The van der Waals surface area contributed by atoms with Crippen molar-refractivity contribution in [3.63, 3.8) is 0 Å². The van der Waals surface area contributed by atoms with Gasteiger partial charge in [-0.05, 0) is 11.6 Å². The van der Waals surface area contributed by atoms with Crippen LogP contribution in [0.4, 0.5) is 0 Å². The van der Waals surface area contributed by atoms with Gasteiger partial charge in [-0.15, -0.1) is 10.2 Å². The van der Waals surface area contributed by atoms with E-state index in [9.17, 15) is 0 Å². The molecule has 82 valence electrons. The van der Waals surface area contributed by atoms with Crippen LogP contribution in [0.5, 0.6) is 0 Å². The molecule has 0 unspecified atom stereocenters. The molecule has 2 aromatic rings. The maximum absolute atomic E-state index is 8.56. The normalized spacial score (nSPS) is 11.6. The summed E-state index contributed by atoms with van der Waals surface area (Å²) >= 11 is 0. The summed E-state index contributed by atoms with van der Waals surface area (Å²) in [6.45, 7) is 0. The molecule has 0 aliphatic carbocycles. The van der Waals surface area contributed by atoms with Crippen molar-refractivity contribution in [2.24, 2.45) is 10.9 Å². The molecule has 0 fully saturated rings. The third kappa shape index (κ3) is 2.14. The Kier molecular flexibility index (Phi) is 2.77. The molecule has 1 heterocycles. The van der Waals surface area contributed by atoms with Gasteiger partial charge < -0.3 is 10.9 Å². The number of tetrazole rings is 1. The number of hydrogen-bond acceptors (Lipinski definition) is 5. The molecule has 0 atom stereocenters. The Morgan fingerprint density at radius 2 is 2.38 bits per heavy atom. The molecule has 0 saturated carbocycles. The van der Waals surface area contributed by atoms with Crippen molar-refractivity contribution in [3.8, 4) is 0 Å². The van der Waals surface area contributed by atoms with Crippen LogP contribution in [0.3, 0.4) is 0 Å². The van der Waals surface area contributed by atoms with Gasteiger partial charge in [0.15, 0.2) is 11.7 Å². The van der Waals surface area contributed by atoms with Gasteiger partial charge in [-0.2, -0.15) is 5.21 Å². The zero-order valence-corrected chi connectivity index (χ0v) is 8.33. The average molecular weight is 218 g/mol. The maximum atomic E-state index is 8.56. The molecule has 4 N–H and O–H groups in total. The van der Waals surface area contributed by atoms with Gasteiger partial charge >= 0.3 is 0 Å². The van der Waals surface area contributed by atoms with E-state index in [2.05, 4.69) is 25.8 Å². The molecule has 0 spiro atoms. The smallest absolute Gasteiger partial charge is 0.178 e. The highest BCUT2D eigenvalue weighted by molar-refractivity contribution is 5.97. The highest BCUT2D eigenvalue weighted by Gasteiger charge is 2.03. The van der Waals surface area contributed by atoms with Crippen molar-refractivity contribution in [2.45, 2.75) is 6.42 Å². The largest absolute Gasteiger partial charge is 0.409 e. The van der Waals surface area contributed by atoms with E-state index in [0.29, 0.717) is 17.8 Å². The lowest BCUT2D eigenvalue weighted by atomic mass is 10.1. The first kappa shape index (κ1) is 10.1. The van der Waals surface area contributed by atoms with Gasteiger partial charge in [0.1, 0.15) is 0 Å². The summed E-state index contributed by atoms with van der Waals surface area (Å²) in [7, 11) is 0. The van der Waals surface area contributed by atoms with Crippen LogP contribution in [-0.4, -0.2) is 31.7 Å². The molecule has 0 aliphatic heterocycles. The van der Waals surface area contributed by atoms with Crippen LogP contribution in [0, 0.1) is 0 Å². The second-order valence-electron chi connectivity index (χ2n) is 3.19. The second kappa shape index (κ2) is 4.39. The molecule has 1 aromatic heterocycles. The average Bonchev–Trinajstić information content (AvgIpc) is 2.81. The minimum Gasteiger partial charge on any atom is -0.409 e. The highest BCUT2D eigenvalue weighted by atomic mass is 16.4. The van der Waals surface area contributed by atoms with E-state index in [1.165, 1.54) is 0 Å². The van der Waals surface area contributed by atoms with Crippen LogP contribution in [0.1, 0.15) is 17.0 Å². The Hall–Kier alpha value is -2.44. The lowest BCUT2D eigenvalue weighted by Gasteiger charge is -2.01. The van der Waals surface area contributed by atoms with Crippen LogP contribution in [0.2, 0.25) is 0 Å². The summed E-state index contributed by atoms with van der Waals surface area (Å²) in [5.74, 6) is 0.673. The number of H-pyrrole nitrogens is 1. The predicted molar refractivity (Wildman–Crippen MR) is 55.9 cm³/mol. The van der Waals surface area contributed by atoms with E-state index in [4.69, 9.17) is 10.9 Å². The summed E-state index contributed by atoms with van der Waals surface area (Å²) < 4.78 is 0. The van der Waals surface area contributed by atoms with Crippen molar-refractivity contribution in [1.82, 2.24) is 20.6 Å². The van der Waals surface area contributed by atoms with Crippen LogP contribution < -0.4 is 5.73 Å². The zero-order chi connectivity index (χ0) is 11.4. The minimum atomic E-state index is 0.0787. The number of amidine groups is 1. The van der Waals surface area contributed by atoms with E-state index in [0.717, 1.165) is 5.56 Å². The number of nitrogens with one attached hydrogen (secondary N) is 1. The summed E-state index contributed by atoms with van der Waals surface area (Å²) in [4.78, 5) is 0. The Morgan fingerprint density at radius 3 is 3.06 bits per heavy atom. The van der Waals surface area contributed by atoms with Crippen molar-refractivity contribution in [2.75, 3.05) is 0 Å². The number of hydrogen-bond donors (Lipinski definition) is 3. The minimum absolute atomic E-state index is 0.0787. The number of nitrogens with zero attached hydrogens (tertiary/aromatic N) is 4. The van der Waals surface area contributed by atoms with Crippen molar-refractivity contribution in [1.29, 1.82) is 0 Å². The fraction of sp³-hybridized carbons (Fsp3) is 0.111. The molecule has 2 rings (SSSR count). The summed E-state index contributed by atoms with van der Waals surface area (Å²) in [6, 6.07) is 7.30. The Morgan fingerprint density at radius 1 is 1.50 bits per heavy atom. The molecule has 0 radical (unpaired) electrons. The first-order valence-corrected chi connectivity index (χ1v) is 4.59. The zero-order valence-electron chi connectivity index (χ0n) is 8.33. The van der Waals surface area contributed by atoms with Crippen LogP contribution >= 0.6 is 0 Å². The first-order valence-electron chi connectivity index (χ1n) is 4.59. The van der Waals surface area contributed by atoms with E-state index < -0.39 is 0 Å². The fourth-order valence-electron chi connectivity index (χ4n) is 1.34. The van der Waals surface area contributed by atoms with E-state index >= 15 is 0 Å². The summed E-state index contributed by atoms with van der Waals surface area (Å²) in [6.07, 6.45) is 0.545. The lowest BCUT2D eigenvalue weighted by Crippen LogP contribution is -2.13.